The quantitative estimate of drug-likeness (QED) is 0.855. The molecule has 1 aromatic rings. The van der Waals surface area contributed by atoms with Crippen LogP contribution in [0.2, 0.25) is 5.02 Å². The van der Waals surface area contributed by atoms with Crippen molar-refractivity contribution in [2.24, 2.45) is 0 Å². The van der Waals surface area contributed by atoms with Gasteiger partial charge >= 0.3 is 0 Å². The Labute approximate surface area is 130 Å². The number of piperazine rings is 1. The second kappa shape index (κ2) is 6.24. The maximum absolute atomic E-state index is 12.5. The molecular formula is C16H22ClN3O. The molecule has 5 heteroatoms. The van der Waals surface area contributed by atoms with Gasteiger partial charge in [0.1, 0.15) is 0 Å². The minimum Gasteiger partial charge on any atom is -0.398 e. The summed E-state index contributed by atoms with van der Waals surface area (Å²) >= 11 is 5.91. The number of amides is 1. The first kappa shape index (κ1) is 14.7. The SMILES string of the molecule is Nc1cc(C(=O)N2CCN(C3CCCC3)CC2)ccc1Cl. The Morgan fingerprint density at radius 2 is 1.81 bits per heavy atom. The summed E-state index contributed by atoms with van der Waals surface area (Å²) in [5, 5.41) is 0.498. The van der Waals surface area contributed by atoms with Crippen LogP contribution in [-0.4, -0.2) is 47.9 Å². The minimum absolute atomic E-state index is 0.0597. The summed E-state index contributed by atoms with van der Waals surface area (Å²) in [5.74, 6) is 0.0597. The number of carbonyl (C=O) groups is 1. The molecule has 2 fully saturated rings. The van der Waals surface area contributed by atoms with E-state index < -0.39 is 0 Å². The lowest BCUT2D eigenvalue weighted by molar-refractivity contribution is 0.0573. The lowest BCUT2D eigenvalue weighted by Crippen LogP contribution is -2.51. The van der Waals surface area contributed by atoms with Gasteiger partial charge in [-0.15, -0.1) is 0 Å². The summed E-state index contributed by atoms with van der Waals surface area (Å²) in [6.45, 7) is 3.58. The van der Waals surface area contributed by atoms with Crippen molar-refractivity contribution in [2.45, 2.75) is 31.7 Å². The number of benzene rings is 1. The van der Waals surface area contributed by atoms with Crippen molar-refractivity contribution < 1.29 is 4.79 Å². The molecule has 1 heterocycles. The molecule has 1 aliphatic heterocycles. The highest BCUT2D eigenvalue weighted by Crippen LogP contribution is 2.25. The molecule has 21 heavy (non-hydrogen) atoms. The summed E-state index contributed by atoms with van der Waals surface area (Å²) in [7, 11) is 0. The maximum Gasteiger partial charge on any atom is 0.254 e. The molecule has 3 rings (SSSR count). The third kappa shape index (κ3) is 3.16. The van der Waals surface area contributed by atoms with Crippen LogP contribution < -0.4 is 5.73 Å². The van der Waals surface area contributed by atoms with Crippen LogP contribution in [0, 0.1) is 0 Å². The number of hydrogen-bond acceptors (Lipinski definition) is 3. The monoisotopic (exact) mass is 307 g/mol. The van der Waals surface area contributed by atoms with Crippen molar-refractivity contribution in [3.05, 3.63) is 28.8 Å². The van der Waals surface area contributed by atoms with Crippen LogP contribution in [0.25, 0.3) is 0 Å². The molecule has 114 valence electrons. The van der Waals surface area contributed by atoms with Gasteiger partial charge in [0, 0.05) is 37.8 Å². The van der Waals surface area contributed by atoms with Gasteiger partial charge in [-0.05, 0) is 31.0 Å². The first-order valence-corrected chi connectivity index (χ1v) is 8.11. The van der Waals surface area contributed by atoms with E-state index in [0.717, 1.165) is 32.2 Å². The average molecular weight is 308 g/mol. The van der Waals surface area contributed by atoms with Gasteiger partial charge in [-0.2, -0.15) is 0 Å². The normalized spacial score (nSPS) is 20.9. The zero-order chi connectivity index (χ0) is 14.8. The third-order valence-corrected chi connectivity index (χ3v) is 5.03. The van der Waals surface area contributed by atoms with Crippen LogP contribution in [0.4, 0.5) is 5.69 Å². The van der Waals surface area contributed by atoms with Crippen molar-refractivity contribution in [3.63, 3.8) is 0 Å². The highest BCUT2D eigenvalue weighted by Gasteiger charge is 2.28. The largest absolute Gasteiger partial charge is 0.398 e. The van der Waals surface area contributed by atoms with E-state index in [1.165, 1.54) is 25.7 Å². The summed E-state index contributed by atoms with van der Waals surface area (Å²) < 4.78 is 0. The number of halogens is 1. The zero-order valence-corrected chi connectivity index (χ0v) is 13.0. The first-order chi connectivity index (χ1) is 10.1. The fourth-order valence-electron chi connectivity index (χ4n) is 3.42. The predicted octanol–water partition coefficient (Wildman–Crippen LogP) is 2.62. The Balaban J connectivity index is 1.60. The molecule has 1 amide bonds. The Morgan fingerprint density at radius 3 is 2.43 bits per heavy atom. The second-order valence-electron chi connectivity index (χ2n) is 6.00. The highest BCUT2D eigenvalue weighted by molar-refractivity contribution is 6.33. The van der Waals surface area contributed by atoms with Gasteiger partial charge in [0.15, 0.2) is 0 Å². The lowest BCUT2D eigenvalue weighted by Gasteiger charge is -2.38. The number of carbonyl (C=O) groups excluding carboxylic acids is 1. The Hall–Kier alpha value is -1.26. The van der Waals surface area contributed by atoms with E-state index in [9.17, 15) is 4.79 Å². The smallest absolute Gasteiger partial charge is 0.254 e. The van der Waals surface area contributed by atoms with Crippen LogP contribution in [0.5, 0.6) is 0 Å². The Bertz CT molecular complexity index is 520. The van der Waals surface area contributed by atoms with Gasteiger partial charge in [-0.3, -0.25) is 9.69 Å². The van der Waals surface area contributed by atoms with E-state index >= 15 is 0 Å². The van der Waals surface area contributed by atoms with Gasteiger partial charge in [-0.25, -0.2) is 0 Å². The average Bonchev–Trinajstić information content (AvgIpc) is 3.04. The van der Waals surface area contributed by atoms with E-state index in [2.05, 4.69) is 4.90 Å². The lowest BCUT2D eigenvalue weighted by atomic mass is 10.1. The van der Waals surface area contributed by atoms with E-state index in [1.54, 1.807) is 18.2 Å². The number of nitrogens with zero attached hydrogens (tertiary/aromatic N) is 2. The molecule has 0 atom stereocenters. The summed E-state index contributed by atoms with van der Waals surface area (Å²) in [5.41, 5.74) is 6.88. The molecule has 1 aliphatic carbocycles. The van der Waals surface area contributed by atoms with E-state index in [4.69, 9.17) is 17.3 Å². The van der Waals surface area contributed by atoms with E-state index in [0.29, 0.717) is 16.3 Å². The summed E-state index contributed by atoms with van der Waals surface area (Å²) in [4.78, 5) is 17.0. The molecule has 2 aliphatic rings. The summed E-state index contributed by atoms with van der Waals surface area (Å²) in [6.07, 6.45) is 5.35. The molecule has 0 spiro atoms. The molecular weight excluding hydrogens is 286 g/mol. The predicted molar refractivity (Wildman–Crippen MR) is 85.6 cm³/mol. The molecule has 0 bridgehead atoms. The Kier molecular flexibility index (Phi) is 4.36. The summed E-state index contributed by atoms with van der Waals surface area (Å²) in [6, 6.07) is 5.87. The third-order valence-electron chi connectivity index (χ3n) is 4.69. The van der Waals surface area contributed by atoms with Crippen LogP contribution >= 0.6 is 11.6 Å². The molecule has 1 saturated heterocycles. The first-order valence-electron chi connectivity index (χ1n) is 7.73. The zero-order valence-electron chi connectivity index (χ0n) is 12.2. The maximum atomic E-state index is 12.5. The van der Waals surface area contributed by atoms with Crippen LogP contribution in [0.3, 0.4) is 0 Å². The number of rotatable bonds is 2. The van der Waals surface area contributed by atoms with Gasteiger partial charge in [-0.1, -0.05) is 24.4 Å². The van der Waals surface area contributed by atoms with Crippen molar-refractivity contribution in [1.29, 1.82) is 0 Å². The number of hydrogen-bond donors (Lipinski definition) is 1. The van der Waals surface area contributed by atoms with Crippen LogP contribution in [0.1, 0.15) is 36.0 Å². The van der Waals surface area contributed by atoms with Crippen molar-refractivity contribution in [3.8, 4) is 0 Å². The van der Waals surface area contributed by atoms with Gasteiger partial charge < -0.3 is 10.6 Å². The minimum atomic E-state index is 0.0597. The fraction of sp³-hybridized carbons (Fsp3) is 0.562. The highest BCUT2D eigenvalue weighted by atomic mass is 35.5. The second-order valence-corrected chi connectivity index (χ2v) is 6.41. The number of anilines is 1. The molecule has 0 unspecified atom stereocenters. The number of nitrogens with two attached hydrogens (primary N) is 1. The van der Waals surface area contributed by atoms with Gasteiger partial charge in [0.05, 0.1) is 10.7 Å². The topological polar surface area (TPSA) is 49.6 Å². The van der Waals surface area contributed by atoms with Gasteiger partial charge in [0.2, 0.25) is 0 Å². The molecule has 2 N–H and O–H groups in total. The molecule has 0 radical (unpaired) electrons. The van der Waals surface area contributed by atoms with E-state index in [-0.39, 0.29) is 5.91 Å². The van der Waals surface area contributed by atoms with Crippen LogP contribution in [0.15, 0.2) is 18.2 Å². The van der Waals surface area contributed by atoms with E-state index in [1.807, 2.05) is 4.90 Å². The fourth-order valence-corrected chi connectivity index (χ4v) is 3.54. The van der Waals surface area contributed by atoms with Crippen molar-refractivity contribution in [1.82, 2.24) is 9.80 Å². The van der Waals surface area contributed by atoms with Gasteiger partial charge in [0.25, 0.3) is 5.91 Å². The van der Waals surface area contributed by atoms with Crippen LogP contribution in [-0.2, 0) is 0 Å². The molecule has 1 saturated carbocycles. The standard InChI is InChI=1S/C16H22ClN3O/c17-14-6-5-12(11-15(14)18)16(21)20-9-7-19(8-10-20)13-3-1-2-4-13/h5-6,11,13H,1-4,7-10,18H2. The Morgan fingerprint density at radius 1 is 1.14 bits per heavy atom. The van der Waals surface area contributed by atoms with Crippen molar-refractivity contribution in [2.75, 3.05) is 31.9 Å². The molecule has 4 nitrogen and oxygen atoms in total. The molecule has 1 aromatic carbocycles. The molecule has 0 aromatic heterocycles. The number of nitrogen functional groups attached to an aromatic ring is 1. The van der Waals surface area contributed by atoms with Crippen molar-refractivity contribution >= 4 is 23.2 Å².